The minimum Gasteiger partial charge on any atom is -0.317 e. The highest BCUT2D eigenvalue weighted by Crippen LogP contribution is 2.28. The summed E-state index contributed by atoms with van der Waals surface area (Å²) in [4.78, 5) is 10.8. The molecule has 0 N–H and O–H groups in total. The molecule has 0 aliphatic rings. The van der Waals surface area contributed by atoms with Gasteiger partial charge in [0.1, 0.15) is 0 Å². The molecule has 3 aromatic rings. The predicted molar refractivity (Wildman–Crippen MR) is 77.8 cm³/mol. The molecule has 2 aromatic carbocycles. The molecule has 2 nitrogen and oxygen atoms in total. The van der Waals surface area contributed by atoms with Gasteiger partial charge in [-0.1, -0.05) is 24.3 Å². The zero-order valence-corrected chi connectivity index (χ0v) is 11.1. The molecule has 0 spiro atoms. The number of para-hydroxylation sites is 1. The van der Waals surface area contributed by atoms with E-state index >= 15 is 0 Å². The van der Waals surface area contributed by atoms with E-state index in [1.807, 2.05) is 53.2 Å². The summed E-state index contributed by atoms with van der Waals surface area (Å²) in [7, 11) is 0. The number of hydrogen-bond acceptors (Lipinski definition) is 1. The Labute approximate surface area is 116 Å². The lowest BCUT2D eigenvalue weighted by molar-refractivity contribution is -0.117. The molecule has 20 heavy (non-hydrogen) atoms. The highest BCUT2D eigenvalue weighted by atomic mass is 19.1. The largest absolute Gasteiger partial charge is 0.317 e. The van der Waals surface area contributed by atoms with Gasteiger partial charge in [-0.15, -0.1) is 0 Å². The first-order chi connectivity index (χ1) is 9.62. The molecule has 0 saturated carbocycles. The summed E-state index contributed by atoms with van der Waals surface area (Å²) < 4.78 is 16.1. The van der Waals surface area contributed by atoms with Gasteiger partial charge >= 0.3 is 0 Å². The van der Waals surface area contributed by atoms with Crippen molar-refractivity contribution in [1.29, 1.82) is 0 Å². The lowest BCUT2D eigenvalue weighted by Gasteiger charge is -2.13. The number of fused-ring (bicyclic) bond motifs is 1. The minimum absolute atomic E-state index is 0.336. The second-order valence-electron chi connectivity index (χ2n) is 4.99. The first-order valence-electron chi connectivity index (χ1n) is 6.44. The van der Waals surface area contributed by atoms with E-state index < -0.39 is 5.67 Å². The van der Waals surface area contributed by atoms with Gasteiger partial charge in [0, 0.05) is 17.3 Å². The van der Waals surface area contributed by atoms with Crippen LogP contribution in [-0.4, -0.2) is 10.9 Å². The van der Waals surface area contributed by atoms with Crippen LogP contribution in [0.3, 0.4) is 0 Å². The smallest absolute Gasteiger partial charge is 0.188 e. The normalized spacial score (nSPS) is 14.1. The van der Waals surface area contributed by atoms with Crippen molar-refractivity contribution in [2.45, 2.75) is 12.6 Å². The van der Waals surface area contributed by atoms with E-state index in [4.69, 9.17) is 0 Å². The molecule has 100 valence electrons. The molecule has 1 heterocycles. The number of alkyl halides is 1. The first-order valence-corrected chi connectivity index (χ1v) is 6.44. The van der Waals surface area contributed by atoms with E-state index in [1.165, 1.54) is 6.92 Å². The van der Waals surface area contributed by atoms with E-state index in [1.54, 1.807) is 12.1 Å². The molecule has 0 saturated heterocycles. The van der Waals surface area contributed by atoms with Crippen molar-refractivity contribution in [3.63, 3.8) is 0 Å². The molecule has 1 aromatic heterocycles. The molecule has 0 radical (unpaired) electrons. The van der Waals surface area contributed by atoms with Crippen molar-refractivity contribution >= 4 is 17.2 Å². The maximum Gasteiger partial charge on any atom is 0.188 e. The van der Waals surface area contributed by atoms with E-state index in [0.29, 0.717) is 11.8 Å². The molecule has 0 aliphatic heterocycles. The molecule has 0 amide bonds. The average molecular weight is 267 g/mol. The van der Waals surface area contributed by atoms with Gasteiger partial charge in [0.05, 0.1) is 5.52 Å². The Morgan fingerprint density at radius 3 is 2.55 bits per heavy atom. The van der Waals surface area contributed by atoms with Gasteiger partial charge in [0.25, 0.3) is 0 Å². The van der Waals surface area contributed by atoms with Gasteiger partial charge in [0.2, 0.25) is 0 Å². The SMILES string of the molecule is CC(F)(C=O)c1ccc2c(ccn2-c2ccccc2)c1. The van der Waals surface area contributed by atoms with Crippen molar-refractivity contribution in [3.05, 3.63) is 66.4 Å². The number of aromatic nitrogens is 1. The Kier molecular flexibility index (Phi) is 2.90. The predicted octanol–water partition coefficient (Wildman–Crippen LogP) is 4.01. The van der Waals surface area contributed by atoms with Gasteiger partial charge in [-0.3, -0.25) is 4.79 Å². The van der Waals surface area contributed by atoms with Gasteiger partial charge in [-0.05, 0) is 42.8 Å². The van der Waals surface area contributed by atoms with Crippen LogP contribution in [-0.2, 0) is 10.5 Å². The lowest BCUT2D eigenvalue weighted by atomic mass is 9.98. The van der Waals surface area contributed by atoms with E-state index in [2.05, 4.69) is 0 Å². The van der Waals surface area contributed by atoms with Crippen LogP contribution >= 0.6 is 0 Å². The fourth-order valence-corrected chi connectivity index (χ4v) is 2.33. The second kappa shape index (κ2) is 4.60. The van der Waals surface area contributed by atoms with Crippen molar-refractivity contribution in [2.24, 2.45) is 0 Å². The third kappa shape index (κ3) is 2.01. The number of hydrogen-bond donors (Lipinski definition) is 0. The Morgan fingerprint density at radius 2 is 1.85 bits per heavy atom. The van der Waals surface area contributed by atoms with Crippen LogP contribution in [0.4, 0.5) is 4.39 Å². The molecule has 3 heteroatoms. The molecule has 0 aliphatic carbocycles. The van der Waals surface area contributed by atoms with Crippen LogP contribution < -0.4 is 0 Å². The summed E-state index contributed by atoms with van der Waals surface area (Å²) in [5, 5.41) is 0.914. The first kappa shape index (κ1) is 12.6. The van der Waals surface area contributed by atoms with Crippen molar-refractivity contribution in [2.75, 3.05) is 0 Å². The van der Waals surface area contributed by atoms with Crippen LogP contribution in [0.25, 0.3) is 16.6 Å². The van der Waals surface area contributed by atoms with Crippen LogP contribution in [0.15, 0.2) is 60.8 Å². The number of aldehydes is 1. The van der Waals surface area contributed by atoms with Gasteiger partial charge in [-0.25, -0.2) is 4.39 Å². The number of benzene rings is 2. The van der Waals surface area contributed by atoms with Crippen LogP contribution in [0.2, 0.25) is 0 Å². The number of nitrogens with zero attached hydrogens (tertiary/aromatic N) is 1. The summed E-state index contributed by atoms with van der Waals surface area (Å²) in [6.45, 7) is 1.27. The van der Waals surface area contributed by atoms with Gasteiger partial charge in [0.15, 0.2) is 12.0 Å². The summed E-state index contributed by atoms with van der Waals surface area (Å²) in [5.74, 6) is 0. The monoisotopic (exact) mass is 267 g/mol. The highest BCUT2D eigenvalue weighted by Gasteiger charge is 2.25. The zero-order valence-electron chi connectivity index (χ0n) is 11.1. The van der Waals surface area contributed by atoms with E-state index in [0.717, 1.165) is 16.6 Å². The summed E-state index contributed by atoms with van der Waals surface area (Å²) in [6, 6.07) is 17.1. The molecule has 0 fully saturated rings. The zero-order chi connectivity index (χ0) is 14.2. The molecule has 1 atom stereocenters. The Morgan fingerprint density at radius 1 is 1.10 bits per heavy atom. The molecular formula is C17H14FNO. The Hall–Kier alpha value is -2.42. The topological polar surface area (TPSA) is 22.0 Å². The van der Waals surface area contributed by atoms with E-state index in [-0.39, 0.29) is 0 Å². The van der Waals surface area contributed by atoms with Crippen LogP contribution in [0.1, 0.15) is 12.5 Å². The average Bonchev–Trinajstić information content (AvgIpc) is 2.91. The number of rotatable bonds is 3. The highest BCUT2D eigenvalue weighted by molar-refractivity contribution is 5.84. The summed E-state index contributed by atoms with van der Waals surface area (Å²) in [6.07, 6.45) is 2.28. The van der Waals surface area contributed by atoms with Gasteiger partial charge in [-0.2, -0.15) is 0 Å². The molecular weight excluding hydrogens is 253 g/mol. The molecule has 1 unspecified atom stereocenters. The molecule has 3 rings (SSSR count). The maximum absolute atomic E-state index is 14.0. The summed E-state index contributed by atoms with van der Waals surface area (Å²) in [5.41, 5.74) is 0.476. The Bertz CT molecular complexity index is 759. The fraction of sp³-hybridized carbons (Fsp3) is 0.118. The van der Waals surface area contributed by atoms with Crippen molar-refractivity contribution in [1.82, 2.24) is 4.57 Å². The standard InChI is InChI=1S/C17H14FNO/c1-17(18,12-20)14-7-8-16-13(11-14)9-10-19(16)15-5-3-2-4-6-15/h2-12H,1H3. The fourth-order valence-electron chi connectivity index (χ4n) is 2.33. The number of carbonyl (C=O) groups is 1. The quantitative estimate of drug-likeness (QED) is 0.657. The van der Waals surface area contributed by atoms with Crippen LogP contribution in [0.5, 0.6) is 0 Å². The van der Waals surface area contributed by atoms with Gasteiger partial charge < -0.3 is 4.57 Å². The summed E-state index contributed by atoms with van der Waals surface area (Å²) >= 11 is 0. The molecule has 0 bridgehead atoms. The van der Waals surface area contributed by atoms with Crippen LogP contribution in [0, 0.1) is 0 Å². The van der Waals surface area contributed by atoms with Crippen molar-refractivity contribution in [3.8, 4) is 5.69 Å². The maximum atomic E-state index is 14.0. The third-order valence-corrected chi connectivity index (χ3v) is 3.51. The Balaban J connectivity index is 2.14. The third-order valence-electron chi connectivity index (χ3n) is 3.51. The number of carbonyl (C=O) groups excluding carboxylic acids is 1. The van der Waals surface area contributed by atoms with Crippen molar-refractivity contribution < 1.29 is 9.18 Å². The van der Waals surface area contributed by atoms with E-state index in [9.17, 15) is 9.18 Å². The number of halogens is 1. The second-order valence-corrected chi connectivity index (χ2v) is 4.99. The minimum atomic E-state index is -1.94. The lowest BCUT2D eigenvalue weighted by Crippen LogP contribution is -2.16.